The van der Waals surface area contributed by atoms with Crippen molar-refractivity contribution in [3.05, 3.63) is 11.4 Å². The summed E-state index contributed by atoms with van der Waals surface area (Å²) in [4.78, 5) is 24.9. The van der Waals surface area contributed by atoms with Crippen LogP contribution in [0.4, 0.5) is 5.69 Å². The summed E-state index contributed by atoms with van der Waals surface area (Å²) in [5, 5.41) is 6.86. The normalized spacial score (nSPS) is 10.3. The van der Waals surface area contributed by atoms with Gasteiger partial charge in [0.2, 0.25) is 5.91 Å². The van der Waals surface area contributed by atoms with Crippen molar-refractivity contribution < 1.29 is 9.59 Å². The van der Waals surface area contributed by atoms with Crippen LogP contribution in [0.3, 0.4) is 0 Å². The first-order valence-electron chi connectivity index (χ1n) is 6.19. The molecule has 0 aliphatic rings. The van der Waals surface area contributed by atoms with E-state index in [1.54, 1.807) is 25.7 Å². The summed E-state index contributed by atoms with van der Waals surface area (Å²) in [5.74, 6) is -0.333. The molecule has 0 saturated heterocycles. The number of nitrogens with two attached hydrogens (primary N) is 1. The third kappa shape index (κ3) is 3.46. The van der Waals surface area contributed by atoms with Crippen LogP contribution < -0.4 is 11.1 Å². The molecule has 0 spiro atoms. The summed E-state index contributed by atoms with van der Waals surface area (Å²) in [6, 6.07) is 0. The first kappa shape index (κ1) is 15.0. The Morgan fingerprint density at radius 2 is 2.05 bits per heavy atom. The molecule has 0 aromatic carbocycles. The number of carbonyl (C=O) groups is 2. The highest BCUT2D eigenvalue weighted by Gasteiger charge is 2.18. The number of hydrogen-bond acceptors (Lipinski definition) is 4. The molecule has 1 heterocycles. The van der Waals surface area contributed by atoms with Crippen molar-refractivity contribution in [1.29, 1.82) is 0 Å². The molecule has 7 nitrogen and oxygen atoms in total. The van der Waals surface area contributed by atoms with E-state index in [2.05, 4.69) is 10.4 Å². The average Bonchev–Trinajstić information content (AvgIpc) is 2.64. The van der Waals surface area contributed by atoms with Crippen molar-refractivity contribution in [2.75, 3.05) is 26.4 Å². The maximum Gasteiger partial charge on any atom is 0.271 e. The van der Waals surface area contributed by atoms with Gasteiger partial charge in [0.25, 0.3) is 5.91 Å². The highest BCUT2D eigenvalue weighted by Crippen LogP contribution is 2.15. The summed E-state index contributed by atoms with van der Waals surface area (Å²) in [6.45, 7) is 4.49. The molecule has 0 unspecified atom stereocenters. The minimum atomic E-state index is -0.300. The lowest BCUT2D eigenvalue weighted by Crippen LogP contribution is -2.31. The van der Waals surface area contributed by atoms with E-state index in [1.165, 1.54) is 4.90 Å². The van der Waals surface area contributed by atoms with Gasteiger partial charge in [-0.3, -0.25) is 14.3 Å². The third-order valence-electron chi connectivity index (χ3n) is 2.81. The van der Waals surface area contributed by atoms with Crippen molar-refractivity contribution in [2.24, 2.45) is 0 Å². The Morgan fingerprint density at radius 3 is 2.58 bits per heavy atom. The molecule has 0 radical (unpaired) electrons. The van der Waals surface area contributed by atoms with Crippen molar-refractivity contribution in [3.63, 3.8) is 0 Å². The van der Waals surface area contributed by atoms with Gasteiger partial charge in [-0.25, -0.2) is 0 Å². The number of aryl methyl sites for hydroxylation is 2. The van der Waals surface area contributed by atoms with Crippen LogP contribution in [0.15, 0.2) is 0 Å². The second kappa shape index (κ2) is 6.21. The topological polar surface area (TPSA) is 93.2 Å². The minimum Gasteiger partial charge on any atom is -0.395 e. The van der Waals surface area contributed by atoms with Crippen LogP contribution in [-0.2, 0) is 11.3 Å². The Bertz CT molecular complexity index is 479. The van der Waals surface area contributed by atoms with Crippen LogP contribution >= 0.6 is 0 Å². The number of nitrogen functional groups attached to an aromatic ring is 1. The van der Waals surface area contributed by atoms with E-state index >= 15 is 0 Å². The Kier molecular flexibility index (Phi) is 4.91. The van der Waals surface area contributed by atoms with Gasteiger partial charge in [-0.05, 0) is 13.8 Å². The summed E-state index contributed by atoms with van der Waals surface area (Å²) in [6.07, 6.45) is 0.262. The number of carbonyl (C=O) groups excluding carboxylic acids is 2. The summed E-state index contributed by atoms with van der Waals surface area (Å²) >= 11 is 0. The molecule has 0 aliphatic carbocycles. The lowest BCUT2D eigenvalue weighted by molar-refractivity contribution is -0.128. The molecule has 0 saturated carbocycles. The van der Waals surface area contributed by atoms with Gasteiger partial charge < -0.3 is 16.0 Å². The van der Waals surface area contributed by atoms with Gasteiger partial charge in [0.15, 0.2) is 0 Å². The summed E-state index contributed by atoms with van der Waals surface area (Å²) < 4.78 is 1.56. The van der Waals surface area contributed by atoms with Crippen LogP contribution in [0.2, 0.25) is 0 Å². The van der Waals surface area contributed by atoms with Gasteiger partial charge in [-0.2, -0.15) is 5.10 Å². The fraction of sp³-hybridized carbons (Fsp3) is 0.583. The molecule has 7 heteroatoms. The van der Waals surface area contributed by atoms with Crippen LogP contribution in [0.5, 0.6) is 0 Å². The molecule has 19 heavy (non-hydrogen) atoms. The van der Waals surface area contributed by atoms with Crippen molar-refractivity contribution >= 4 is 17.5 Å². The summed E-state index contributed by atoms with van der Waals surface area (Å²) in [7, 11) is 3.36. The van der Waals surface area contributed by atoms with Crippen LogP contribution in [0, 0.1) is 6.92 Å². The van der Waals surface area contributed by atoms with Gasteiger partial charge in [-0.15, -0.1) is 0 Å². The van der Waals surface area contributed by atoms with E-state index < -0.39 is 0 Å². The Labute approximate surface area is 112 Å². The molecule has 106 valence electrons. The second-order valence-corrected chi connectivity index (χ2v) is 4.46. The van der Waals surface area contributed by atoms with Crippen LogP contribution in [0.1, 0.15) is 29.5 Å². The fourth-order valence-electron chi connectivity index (χ4n) is 1.65. The molecule has 2 amide bonds. The van der Waals surface area contributed by atoms with Gasteiger partial charge in [0.1, 0.15) is 5.69 Å². The molecule has 0 atom stereocenters. The van der Waals surface area contributed by atoms with Gasteiger partial charge in [-0.1, -0.05) is 0 Å². The number of amides is 2. The maximum atomic E-state index is 12.0. The third-order valence-corrected chi connectivity index (χ3v) is 2.81. The molecule has 1 aromatic rings. The zero-order chi connectivity index (χ0) is 14.6. The highest BCUT2D eigenvalue weighted by atomic mass is 16.2. The SMILES string of the molecule is CCn1nc(C)c(N)c1C(=O)NCCC(=O)N(C)C. The number of aromatic nitrogens is 2. The molecule has 0 bridgehead atoms. The Hall–Kier alpha value is -2.05. The Balaban J connectivity index is 2.66. The fourth-order valence-corrected chi connectivity index (χ4v) is 1.65. The lowest BCUT2D eigenvalue weighted by atomic mass is 10.3. The average molecular weight is 267 g/mol. The van der Waals surface area contributed by atoms with E-state index in [0.717, 1.165) is 0 Å². The highest BCUT2D eigenvalue weighted by molar-refractivity contribution is 5.98. The number of nitrogens with zero attached hydrogens (tertiary/aromatic N) is 3. The van der Waals surface area contributed by atoms with Crippen LogP contribution in [0.25, 0.3) is 0 Å². The standard InChI is InChI=1S/C12H21N5O2/c1-5-17-11(10(13)8(2)15-17)12(19)14-7-6-9(18)16(3)4/h5-7,13H2,1-4H3,(H,14,19). The van der Waals surface area contributed by atoms with Crippen molar-refractivity contribution in [2.45, 2.75) is 26.8 Å². The monoisotopic (exact) mass is 267 g/mol. The van der Waals surface area contributed by atoms with E-state index in [0.29, 0.717) is 23.6 Å². The predicted molar refractivity (Wildman–Crippen MR) is 72.7 cm³/mol. The zero-order valence-electron chi connectivity index (χ0n) is 11.9. The summed E-state index contributed by atoms with van der Waals surface area (Å²) in [5.41, 5.74) is 7.22. The van der Waals surface area contributed by atoms with E-state index in [9.17, 15) is 9.59 Å². The lowest BCUT2D eigenvalue weighted by Gasteiger charge is -2.11. The zero-order valence-corrected chi connectivity index (χ0v) is 11.9. The largest absolute Gasteiger partial charge is 0.395 e. The second-order valence-electron chi connectivity index (χ2n) is 4.46. The number of hydrogen-bond donors (Lipinski definition) is 2. The van der Waals surface area contributed by atoms with Crippen molar-refractivity contribution in [3.8, 4) is 0 Å². The predicted octanol–water partition coefficient (Wildman–Crippen LogP) is 0.00172. The van der Waals surface area contributed by atoms with Crippen molar-refractivity contribution in [1.82, 2.24) is 20.0 Å². The van der Waals surface area contributed by atoms with E-state index in [1.807, 2.05) is 6.92 Å². The molecular formula is C12H21N5O2. The first-order valence-corrected chi connectivity index (χ1v) is 6.19. The molecule has 1 aromatic heterocycles. The number of rotatable bonds is 5. The van der Waals surface area contributed by atoms with Gasteiger partial charge in [0.05, 0.1) is 11.4 Å². The van der Waals surface area contributed by atoms with Gasteiger partial charge >= 0.3 is 0 Å². The molecule has 0 aliphatic heterocycles. The maximum absolute atomic E-state index is 12.0. The minimum absolute atomic E-state index is 0.0338. The van der Waals surface area contributed by atoms with Gasteiger partial charge in [0, 0.05) is 33.6 Å². The first-order chi connectivity index (χ1) is 8.88. The number of anilines is 1. The van der Waals surface area contributed by atoms with E-state index in [4.69, 9.17) is 5.73 Å². The number of nitrogens with one attached hydrogen (secondary N) is 1. The molecule has 1 rings (SSSR count). The van der Waals surface area contributed by atoms with Crippen LogP contribution in [-0.4, -0.2) is 47.1 Å². The van der Waals surface area contributed by atoms with E-state index in [-0.39, 0.29) is 24.8 Å². The molecular weight excluding hydrogens is 246 g/mol. The Morgan fingerprint density at radius 1 is 1.42 bits per heavy atom. The smallest absolute Gasteiger partial charge is 0.271 e. The molecule has 0 fully saturated rings. The quantitative estimate of drug-likeness (QED) is 0.785. The molecule has 3 N–H and O–H groups in total.